The van der Waals surface area contributed by atoms with E-state index in [1.54, 1.807) is 56.8 Å². The Morgan fingerprint density at radius 2 is 1.92 bits per heavy atom. The second-order valence-corrected chi connectivity index (χ2v) is 5.74. The first-order valence-corrected chi connectivity index (χ1v) is 8.04. The second-order valence-electron chi connectivity index (χ2n) is 5.35. The summed E-state index contributed by atoms with van der Waals surface area (Å²) >= 11 is 6.10. The van der Waals surface area contributed by atoms with Gasteiger partial charge in [-0.2, -0.15) is 9.97 Å². The predicted molar refractivity (Wildman–Crippen MR) is 96.7 cm³/mol. The number of halogens is 1. The molecule has 2 heterocycles. The molecule has 0 N–H and O–H groups in total. The molecule has 0 saturated heterocycles. The molecule has 0 atom stereocenters. The van der Waals surface area contributed by atoms with Gasteiger partial charge in [0.2, 0.25) is 5.56 Å². The summed E-state index contributed by atoms with van der Waals surface area (Å²) in [5, 5.41) is 0.227. The Labute approximate surface area is 154 Å². The molecular formula is C18H16ClN3O4. The SMILES string of the molecule is COCOc1cccc(Oc2nc(Cl)cc(-c3ccc(=O)n(C)c3)n2)c1. The van der Waals surface area contributed by atoms with Gasteiger partial charge in [0.05, 0.1) is 5.69 Å². The van der Waals surface area contributed by atoms with Crippen molar-refractivity contribution in [3.8, 4) is 28.8 Å². The van der Waals surface area contributed by atoms with E-state index < -0.39 is 0 Å². The summed E-state index contributed by atoms with van der Waals surface area (Å²) < 4.78 is 17.4. The Balaban J connectivity index is 1.88. The van der Waals surface area contributed by atoms with Crippen molar-refractivity contribution in [1.82, 2.24) is 14.5 Å². The van der Waals surface area contributed by atoms with Gasteiger partial charge in [0.15, 0.2) is 6.79 Å². The monoisotopic (exact) mass is 373 g/mol. The Kier molecular flexibility index (Phi) is 5.50. The number of pyridine rings is 1. The molecule has 0 radical (unpaired) electrons. The van der Waals surface area contributed by atoms with Crippen molar-refractivity contribution in [3.63, 3.8) is 0 Å². The Morgan fingerprint density at radius 3 is 2.69 bits per heavy atom. The van der Waals surface area contributed by atoms with Crippen LogP contribution in [0.4, 0.5) is 0 Å². The van der Waals surface area contributed by atoms with E-state index in [2.05, 4.69) is 9.97 Å². The lowest BCUT2D eigenvalue weighted by molar-refractivity contribution is 0.0510. The smallest absolute Gasteiger partial charge is 0.323 e. The van der Waals surface area contributed by atoms with Crippen LogP contribution in [0.25, 0.3) is 11.3 Å². The molecule has 8 heteroatoms. The summed E-state index contributed by atoms with van der Waals surface area (Å²) in [6, 6.07) is 11.8. The highest BCUT2D eigenvalue weighted by atomic mass is 35.5. The van der Waals surface area contributed by atoms with Gasteiger partial charge >= 0.3 is 6.01 Å². The number of ether oxygens (including phenoxy) is 3. The first-order valence-electron chi connectivity index (χ1n) is 7.66. The summed E-state index contributed by atoms with van der Waals surface area (Å²) in [7, 11) is 3.21. The van der Waals surface area contributed by atoms with Gasteiger partial charge in [0.25, 0.3) is 0 Å². The predicted octanol–water partition coefficient (Wildman–Crippen LogP) is 3.27. The van der Waals surface area contributed by atoms with Crippen LogP contribution in [0.1, 0.15) is 0 Å². The van der Waals surface area contributed by atoms with E-state index in [0.717, 1.165) is 5.56 Å². The molecule has 0 unspecified atom stereocenters. The zero-order chi connectivity index (χ0) is 18.5. The number of aryl methyl sites for hydroxylation is 1. The molecule has 0 aliphatic carbocycles. The van der Waals surface area contributed by atoms with Gasteiger partial charge in [0, 0.05) is 44.1 Å². The van der Waals surface area contributed by atoms with Crippen LogP contribution >= 0.6 is 11.6 Å². The van der Waals surface area contributed by atoms with Crippen LogP contribution < -0.4 is 15.0 Å². The molecule has 1 aromatic carbocycles. The quantitative estimate of drug-likeness (QED) is 0.487. The van der Waals surface area contributed by atoms with Gasteiger partial charge in [-0.25, -0.2) is 0 Å². The highest BCUT2D eigenvalue weighted by molar-refractivity contribution is 6.29. The molecule has 3 rings (SSSR count). The topological polar surface area (TPSA) is 75.5 Å². The third-order valence-electron chi connectivity index (χ3n) is 3.41. The van der Waals surface area contributed by atoms with E-state index in [4.69, 9.17) is 25.8 Å². The summed E-state index contributed by atoms with van der Waals surface area (Å²) in [5.74, 6) is 1.08. The number of methoxy groups -OCH3 is 1. The first kappa shape index (κ1) is 17.9. The average molecular weight is 374 g/mol. The third kappa shape index (κ3) is 4.38. The van der Waals surface area contributed by atoms with E-state index >= 15 is 0 Å². The van der Waals surface area contributed by atoms with Gasteiger partial charge in [-0.3, -0.25) is 4.79 Å². The van der Waals surface area contributed by atoms with Crippen molar-refractivity contribution in [2.75, 3.05) is 13.9 Å². The largest absolute Gasteiger partial charge is 0.467 e. The van der Waals surface area contributed by atoms with Crippen molar-refractivity contribution in [3.05, 3.63) is 64.2 Å². The fourth-order valence-electron chi connectivity index (χ4n) is 2.20. The molecule has 0 spiro atoms. The summed E-state index contributed by atoms with van der Waals surface area (Å²) in [5.41, 5.74) is 1.15. The van der Waals surface area contributed by atoms with Crippen molar-refractivity contribution >= 4 is 11.6 Å². The molecule has 26 heavy (non-hydrogen) atoms. The molecule has 0 fully saturated rings. The molecule has 2 aromatic heterocycles. The summed E-state index contributed by atoms with van der Waals surface area (Å²) in [6.45, 7) is 0.133. The molecule has 3 aromatic rings. The molecule has 134 valence electrons. The number of benzene rings is 1. The van der Waals surface area contributed by atoms with Crippen molar-refractivity contribution in [2.24, 2.45) is 7.05 Å². The maximum atomic E-state index is 11.5. The van der Waals surface area contributed by atoms with E-state index in [9.17, 15) is 4.79 Å². The third-order valence-corrected chi connectivity index (χ3v) is 3.61. The van der Waals surface area contributed by atoms with Gasteiger partial charge in [0.1, 0.15) is 16.7 Å². The highest BCUT2D eigenvalue weighted by Crippen LogP contribution is 2.26. The standard InChI is InChI=1S/C18H16ClN3O4/c1-22-10-12(6-7-17(22)23)15-9-16(19)21-18(20-15)26-14-5-3-4-13(8-14)25-11-24-2/h3-10H,11H2,1-2H3. The minimum atomic E-state index is -0.113. The second kappa shape index (κ2) is 7.99. The Hall–Kier alpha value is -2.90. The zero-order valence-electron chi connectivity index (χ0n) is 14.2. The molecule has 0 aliphatic rings. The fraction of sp³-hybridized carbons (Fsp3) is 0.167. The number of hydrogen-bond acceptors (Lipinski definition) is 6. The molecule has 7 nitrogen and oxygen atoms in total. The minimum absolute atomic E-state index is 0.0882. The van der Waals surface area contributed by atoms with Crippen LogP contribution in [0.15, 0.2) is 53.5 Å². The van der Waals surface area contributed by atoms with Crippen LogP contribution in [0.2, 0.25) is 5.15 Å². The van der Waals surface area contributed by atoms with E-state index in [1.807, 2.05) is 0 Å². The average Bonchev–Trinajstić information content (AvgIpc) is 2.62. The molecule has 0 aliphatic heterocycles. The Bertz CT molecular complexity index is 975. The highest BCUT2D eigenvalue weighted by Gasteiger charge is 2.09. The normalized spacial score (nSPS) is 10.6. The Morgan fingerprint density at radius 1 is 1.12 bits per heavy atom. The zero-order valence-corrected chi connectivity index (χ0v) is 14.9. The first-order chi connectivity index (χ1) is 12.5. The number of rotatable bonds is 6. The number of hydrogen-bond donors (Lipinski definition) is 0. The maximum Gasteiger partial charge on any atom is 0.323 e. The molecule has 0 amide bonds. The maximum absolute atomic E-state index is 11.5. The number of nitrogens with zero attached hydrogens (tertiary/aromatic N) is 3. The minimum Gasteiger partial charge on any atom is -0.467 e. The van der Waals surface area contributed by atoms with Gasteiger partial charge in [-0.1, -0.05) is 17.7 Å². The van der Waals surface area contributed by atoms with Crippen LogP contribution in [0, 0.1) is 0 Å². The lowest BCUT2D eigenvalue weighted by Gasteiger charge is -2.09. The van der Waals surface area contributed by atoms with E-state index in [1.165, 1.54) is 10.6 Å². The van der Waals surface area contributed by atoms with E-state index in [0.29, 0.717) is 17.2 Å². The van der Waals surface area contributed by atoms with E-state index in [-0.39, 0.29) is 23.5 Å². The summed E-state index contributed by atoms with van der Waals surface area (Å²) in [4.78, 5) is 20.0. The van der Waals surface area contributed by atoms with Gasteiger partial charge in [-0.05, 0) is 18.2 Å². The molecule has 0 saturated carbocycles. The molecular weight excluding hydrogens is 358 g/mol. The van der Waals surface area contributed by atoms with Crippen LogP contribution in [0.5, 0.6) is 17.5 Å². The van der Waals surface area contributed by atoms with Crippen molar-refractivity contribution in [1.29, 1.82) is 0 Å². The van der Waals surface area contributed by atoms with Crippen molar-refractivity contribution in [2.45, 2.75) is 0 Å². The number of aromatic nitrogens is 3. The fourth-order valence-corrected chi connectivity index (χ4v) is 2.37. The summed E-state index contributed by atoms with van der Waals surface area (Å²) in [6.07, 6.45) is 1.67. The van der Waals surface area contributed by atoms with Crippen LogP contribution in [-0.2, 0) is 11.8 Å². The molecule has 0 bridgehead atoms. The lowest BCUT2D eigenvalue weighted by atomic mass is 10.2. The lowest BCUT2D eigenvalue weighted by Crippen LogP contribution is -2.14. The van der Waals surface area contributed by atoms with Crippen LogP contribution in [-0.4, -0.2) is 28.4 Å². The van der Waals surface area contributed by atoms with Gasteiger partial charge < -0.3 is 18.8 Å². The van der Waals surface area contributed by atoms with Crippen LogP contribution in [0.3, 0.4) is 0 Å². The van der Waals surface area contributed by atoms with Crippen molar-refractivity contribution < 1.29 is 14.2 Å². The van der Waals surface area contributed by atoms with Gasteiger partial charge in [-0.15, -0.1) is 0 Å².